The molecule has 0 aliphatic heterocycles. The number of rotatable bonds is 8. The Bertz CT molecular complexity index is 245. The van der Waals surface area contributed by atoms with Crippen LogP contribution in [0.3, 0.4) is 0 Å². The van der Waals surface area contributed by atoms with E-state index < -0.39 is 11.6 Å². The summed E-state index contributed by atoms with van der Waals surface area (Å²) in [5.41, 5.74) is -1.46. The molecule has 0 heterocycles. The second kappa shape index (κ2) is 7.71. The first-order chi connectivity index (χ1) is 8.22. The molecule has 5 heteroatoms. The highest BCUT2D eigenvalue weighted by Crippen LogP contribution is 2.05. The molecule has 0 fully saturated rings. The van der Waals surface area contributed by atoms with Gasteiger partial charge < -0.3 is 15.2 Å². The van der Waals surface area contributed by atoms with Gasteiger partial charge in [0.05, 0.1) is 7.11 Å². The van der Waals surface area contributed by atoms with E-state index in [1.807, 2.05) is 0 Å². The fourth-order valence-corrected chi connectivity index (χ4v) is 1.94. The minimum Gasteiger partial charge on any atom is -0.467 e. The molecule has 1 unspecified atom stereocenters. The quantitative estimate of drug-likeness (QED) is 0.495. The van der Waals surface area contributed by atoms with Gasteiger partial charge in [0.15, 0.2) is 5.60 Å². The Kier molecular flexibility index (Phi) is 7.43. The van der Waals surface area contributed by atoms with Gasteiger partial charge in [-0.25, -0.2) is 4.79 Å². The van der Waals surface area contributed by atoms with Crippen molar-refractivity contribution in [3.05, 3.63) is 0 Å². The van der Waals surface area contributed by atoms with Gasteiger partial charge in [-0.05, 0) is 34.6 Å². The van der Waals surface area contributed by atoms with Crippen molar-refractivity contribution in [2.45, 2.75) is 52.3 Å². The number of aliphatic hydroxyl groups is 1. The molecule has 0 saturated heterocycles. The van der Waals surface area contributed by atoms with E-state index in [9.17, 15) is 9.90 Å². The zero-order chi connectivity index (χ0) is 14.3. The summed E-state index contributed by atoms with van der Waals surface area (Å²) in [7, 11) is 1.27. The average molecular weight is 260 g/mol. The summed E-state index contributed by atoms with van der Waals surface area (Å²) in [5, 5.41) is 12.9. The number of carbonyl (C=O) groups excluding carboxylic acids is 1. The molecule has 5 nitrogen and oxygen atoms in total. The Balaban J connectivity index is 4.02. The summed E-state index contributed by atoms with van der Waals surface area (Å²) in [6.45, 7) is 11.9. The molecule has 0 amide bonds. The van der Waals surface area contributed by atoms with Gasteiger partial charge in [-0.1, -0.05) is 0 Å². The molecular formula is C13H28N2O3. The molecule has 0 aromatic heterocycles. The Morgan fingerprint density at radius 1 is 1.33 bits per heavy atom. The predicted octanol–water partition coefficient (Wildman–Crippen LogP) is 0.619. The molecule has 108 valence electrons. The minimum atomic E-state index is -1.46. The first kappa shape index (κ1) is 17.4. The number of hydrogen-bond donors (Lipinski definition) is 2. The predicted molar refractivity (Wildman–Crippen MR) is 72.5 cm³/mol. The molecule has 0 radical (unpaired) electrons. The SMILES string of the molecule is COC(=O)C(C)(O)CNCCN(C(C)C)C(C)C. The lowest BCUT2D eigenvalue weighted by atomic mass is 10.1. The first-order valence-electron chi connectivity index (χ1n) is 6.49. The van der Waals surface area contributed by atoms with Crippen LogP contribution in [0.4, 0.5) is 0 Å². The van der Waals surface area contributed by atoms with Crippen LogP contribution in [0, 0.1) is 0 Å². The molecule has 0 aliphatic carbocycles. The number of carbonyl (C=O) groups is 1. The molecule has 1 atom stereocenters. The van der Waals surface area contributed by atoms with Crippen LogP contribution in [0.15, 0.2) is 0 Å². The van der Waals surface area contributed by atoms with Crippen LogP contribution in [0.2, 0.25) is 0 Å². The Labute approximate surface area is 110 Å². The second-order valence-electron chi connectivity index (χ2n) is 5.37. The molecule has 0 aliphatic rings. The minimum absolute atomic E-state index is 0.198. The van der Waals surface area contributed by atoms with Gasteiger partial charge in [0.2, 0.25) is 0 Å². The van der Waals surface area contributed by atoms with E-state index in [1.165, 1.54) is 14.0 Å². The fraction of sp³-hybridized carbons (Fsp3) is 0.923. The van der Waals surface area contributed by atoms with Gasteiger partial charge in [-0.2, -0.15) is 0 Å². The standard InChI is InChI=1S/C13H28N2O3/c1-10(2)15(11(3)4)8-7-14-9-13(5,17)12(16)18-6/h10-11,14,17H,7-9H2,1-6H3. The summed E-state index contributed by atoms with van der Waals surface area (Å²) < 4.78 is 4.53. The number of nitrogens with one attached hydrogen (secondary N) is 1. The van der Waals surface area contributed by atoms with Crippen molar-refractivity contribution in [3.8, 4) is 0 Å². The number of esters is 1. The molecule has 0 rings (SSSR count). The summed E-state index contributed by atoms with van der Waals surface area (Å²) in [4.78, 5) is 13.6. The lowest BCUT2D eigenvalue weighted by Crippen LogP contribution is -2.48. The van der Waals surface area contributed by atoms with E-state index in [0.717, 1.165) is 13.1 Å². The first-order valence-corrected chi connectivity index (χ1v) is 6.49. The van der Waals surface area contributed by atoms with E-state index in [0.29, 0.717) is 12.1 Å². The Morgan fingerprint density at radius 3 is 2.22 bits per heavy atom. The van der Waals surface area contributed by atoms with Gasteiger partial charge in [-0.15, -0.1) is 0 Å². The smallest absolute Gasteiger partial charge is 0.338 e. The molecular weight excluding hydrogens is 232 g/mol. The van der Waals surface area contributed by atoms with E-state index >= 15 is 0 Å². The van der Waals surface area contributed by atoms with E-state index in [4.69, 9.17) is 0 Å². The zero-order valence-electron chi connectivity index (χ0n) is 12.5. The lowest BCUT2D eigenvalue weighted by molar-refractivity contribution is -0.159. The number of nitrogens with zero attached hydrogens (tertiary/aromatic N) is 1. The van der Waals surface area contributed by atoms with E-state index in [1.54, 1.807) is 0 Å². The monoisotopic (exact) mass is 260 g/mol. The molecule has 0 spiro atoms. The molecule has 0 aromatic rings. The normalized spacial score (nSPS) is 15.2. The van der Waals surface area contributed by atoms with Crippen LogP contribution in [0.25, 0.3) is 0 Å². The van der Waals surface area contributed by atoms with Crippen LogP contribution in [0.1, 0.15) is 34.6 Å². The van der Waals surface area contributed by atoms with Crippen molar-refractivity contribution < 1.29 is 14.6 Å². The van der Waals surface area contributed by atoms with Gasteiger partial charge in [0.25, 0.3) is 0 Å². The van der Waals surface area contributed by atoms with Crippen molar-refractivity contribution in [1.29, 1.82) is 0 Å². The maximum Gasteiger partial charge on any atom is 0.338 e. The third kappa shape index (κ3) is 5.80. The van der Waals surface area contributed by atoms with E-state index in [2.05, 4.69) is 42.6 Å². The summed E-state index contributed by atoms with van der Waals surface area (Å²) in [5.74, 6) is -0.612. The molecule has 0 aromatic carbocycles. The lowest BCUT2D eigenvalue weighted by Gasteiger charge is -2.31. The van der Waals surface area contributed by atoms with Crippen LogP contribution >= 0.6 is 0 Å². The van der Waals surface area contributed by atoms with E-state index in [-0.39, 0.29) is 6.54 Å². The average Bonchev–Trinajstić information content (AvgIpc) is 2.26. The van der Waals surface area contributed by atoms with Crippen molar-refractivity contribution in [3.63, 3.8) is 0 Å². The Hall–Kier alpha value is -0.650. The highest BCUT2D eigenvalue weighted by atomic mass is 16.5. The summed E-state index contributed by atoms with van der Waals surface area (Å²) in [6, 6.07) is 0.959. The van der Waals surface area contributed by atoms with Crippen molar-refractivity contribution >= 4 is 5.97 Å². The third-order valence-electron chi connectivity index (χ3n) is 2.97. The van der Waals surface area contributed by atoms with Crippen LogP contribution in [-0.4, -0.2) is 60.4 Å². The number of ether oxygens (including phenoxy) is 1. The zero-order valence-corrected chi connectivity index (χ0v) is 12.5. The van der Waals surface area contributed by atoms with Crippen molar-refractivity contribution in [1.82, 2.24) is 10.2 Å². The van der Waals surface area contributed by atoms with Gasteiger partial charge in [0, 0.05) is 31.7 Å². The largest absolute Gasteiger partial charge is 0.467 e. The van der Waals surface area contributed by atoms with Gasteiger partial charge in [0.1, 0.15) is 0 Å². The van der Waals surface area contributed by atoms with Gasteiger partial charge in [-0.3, -0.25) is 4.90 Å². The fourth-order valence-electron chi connectivity index (χ4n) is 1.94. The van der Waals surface area contributed by atoms with Crippen molar-refractivity contribution in [2.75, 3.05) is 26.7 Å². The van der Waals surface area contributed by atoms with Crippen LogP contribution < -0.4 is 5.32 Å². The van der Waals surface area contributed by atoms with Gasteiger partial charge >= 0.3 is 5.97 Å². The van der Waals surface area contributed by atoms with Crippen molar-refractivity contribution in [2.24, 2.45) is 0 Å². The molecule has 0 saturated carbocycles. The topological polar surface area (TPSA) is 61.8 Å². The number of hydrogen-bond acceptors (Lipinski definition) is 5. The summed E-state index contributed by atoms with van der Waals surface area (Å²) >= 11 is 0. The van der Waals surface area contributed by atoms with Crippen LogP contribution in [-0.2, 0) is 9.53 Å². The highest BCUT2D eigenvalue weighted by molar-refractivity contribution is 5.78. The molecule has 0 bridgehead atoms. The molecule has 18 heavy (non-hydrogen) atoms. The Morgan fingerprint density at radius 2 is 1.83 bits per heavy atom. The summed E-state index contributed by atoms with van der Waals surface area (Å²) in [6.07, 6.45) is 0. The second-order valence-corrected chi connectivity index (χ2v) is 5.37. The number of methoxy groups -OCH3 is 1. The maximum absolute atomic E-state index is 11.3. The maximum atomic E-state index is 11.3. The molecule has 2 N–H and O–H groups in total. The van der Waals surface area contributed by atoms with Crippen LogP contribution in [0.5, 0.6) is 0 Å². The highest BCUT2D eigenvalue weighted by Gasteiger charge is 2.30. The third-order valence-corrected chi connectivity index (χ3v) is 2.97.